The molecule has 2 fully saturated rings. The first-order chi connectivity index (χ1) is 10.4. The summed E-state index contributed by atoms with van der Waals surface area (Å²) in [6, 6.07) is 1.61. The van der Waals surface area contributed by atoms with Crippen LogP contribution >= 0.6 is 11.6 Å². The van der Waals surface area contributed by atoms with E-state index in [1.54, 1.807) is 12.3 Å². The molecular formula is C16H20ClN3O2. The summed E-state index contributed by atoms with van der Waals surface area (Å²) in [5.41, 5.74) is 6.01. The molecule has 2 aliphatic carbocycles. The van der Waals surface area contributed by atoms with Gasteiger partial charge in [0.2, 0.25) is 5.91 Å². The van der Waals surface area contributed by atoms with Crippen LogP contribution in [0.5, 0.6) is 0 Å². The van der Waals surface area contributed by atoms with Gasteiger partial charge >= 0.3 is 0 Å². The molecule has 0 aliphatic heterocycles. The minimum atomic E-state index is -0.605. The summed E-state index contributed by atoms with van der Waals surface area (Å²) in [5.74, 6) is 0.0681. The van der Waals surface area contributed by atoms with Crippen LogP contribution in [-0.4, -0.2) is 22.3 Å². The van der Waals surface area contributed by atoms with Crippen LogP contribution < -0.4 is 11.1 Å². The average Bonchev–Trinajstić information content (AvgIpc) is 3.27. The minimum absolute atomic E-state index is 0.136. The molecule has 2 aliphatic rings. The van der Waals surface area contributed by atoms with E-state index in [4.69, 9.17) is 17.3 Å². The highest BCUT2D eigenvalue weighted by molar-refractivity contribution is 6.31. The van der Waals surface area contributed by atoms with Crippen LogP contribution in [0.15, 0.2) is 12.3 Å². The maximum absolute atomic E-state index is 12.4. The Morgan fingerprint density at radius 3 is 2.59 bits per heavy atom. The van der Waals surface area contributed by atoms with Crippen LogP contribution in [0.4, 0.5) is 0 Å². The van der Waals surface area contributed by atoms with Crippen molar-refractivity contribution in [3.05, 3.63) is 28.5 Å². The molecule has 2 saturated carbocycles. The fourth-order valence-electron chi connectivity index (χ4n) is 2.96. The number of pyridine rings is 1. The van der Waals surface area contributed by atoms with Gasteiger partial charge < -0.3 is 11.1 Å². The maximum atomic E-state index is 12.4. The van der Waals surface area contributed by atoms with Crippen molar-refractivity contribution in [2.45, 2.75) is 50.5 Å². The average molecular weight is 322 g/mol. The zero-order valence-electron chi connectivity index (χ0n) is 12.6. The van der Waals surface area contributed by atoms with Crippen molar-refractivity contribution in [2.24, 2.45) is 11.7 Å². The van der Waals surface area contributed by atoms with E-state index >= 15 is 0 Å². The first-order valence-corrected chi connectivity index (χ1v) is 8.03. The molecule has 3 N–H and O–H groups in total. The number of nitrogens with one attached hydrogen (secondary N) is 1. The summed E-state index contributed by atoms with van der Waals surface area (Å²) in [5, 5.41) is 3.52. The highest BCUT2D eigenvalue weighted by Crippen LogP contribution is 2.43. The van der Waals surface area contributed by atoms with E-state index < -0.39 is 11.4 Å². The number of nitrogens with two attached hydrogens (primary N) is 1. The van der Waals surface area contributed by atoms with Gasteiger partial charge in [0.15, 0.2) is 0 Å². The van der Waals surface area contributed by atoms with Crippen LogP contribution in [0.2, 0.25) is 5.02 Å². The standard InChI is InChI=1S/C16H20ClN3O2/c1-16(7-14(18)21,10-4-5-10)20-15(22)13-6-12(17)11(8-19-13)9-2-3-9/h6,8-10H,2-5,7H2,1H3,(H2,18,21)(H,20,22). The molecule has 0 saturated heterocycles. The molecule has 0 bridgehead atoms. The second-order valence-corrected chi connectivity index (χ2v) is 7.06. The van der Waals surface area contributed by atoms with E-state index in [1.165, 1.54) is 0 Å². The summed E-state index contributed by atoms with van der Waals surface area (Å²) >= 11 is 6.24. The van der Waals surface area contributed by atoms with Crippen molar-refractivity contribution in [1.82, 2.24) is 10.3 Å². The lowest BCUT2D eigenvalue weighted by Gasteiger charge is -2.29. The summed E-state index contributed by atoms with van der Waals surface area (Å²) in [6.07, 6.45) is 6.09. The summed E-state index contributed by atoms with van der Waals surface area (Å²) in [7, 11) is 0. The second kappa shape index (κ2) is 5.54. The SMILES string of the molecule is CC(CC(N)=O)(NC(=O)c1cc(Cl)c(C2CC2)cn1)C1CC1. The van der Waals surface area contributed by atoms with Crippen molar-refractivity contribution >= 4 is 23.4 Å². The van der Waals surface area contributed by atoms with E-state index in [1.807, 2.05) is 6.92 Å². The van der Waals surface area contributed by atoms with Gasteiger partial charge in [0.25, 0.3) is 5.91 Å². The largest absolute Gasteiger partial charge is 0.370 e. The van der Waals surface area contributed by atoms with Gasteiger partial charge in [-0.25, -0.2) is 0 Å². The van der Waals surface area contributed by atoms with Gasteiger partial charge in [0.05, 0.1) is 0 Å². The number of rotatable bonds is 6. The van der Waals surface area contributed by atoms with Crippen molar-refractivity contribution in [1.29, 1.82) is 0 Å². The third-order valence-electron chi connectivity index (χ3n) is 4.55. The molecule has 0 aromatic carbocycles. The second-order valence-electron chi connectivity index (χ2n) is 6.65. The lowest BCUT2D eigenvalue weighted by molar-refractivity contribution is -0.119. The number of nitrogens with zero attached hydrogens (tertiary/aromatic N) is 1. The summed E-state index contributed by atoms with van der Waals surface area (Å²) in [4.78, 5) is 27.9. The van der Waals surface area contributed by atoms with Gasteiger partial charge in [0.1, 0.15) is 5.69 Å². The third-order valence-corrected chi connectivity index (χ3v) is 4.88. The van der Waals surface area contributed by atoms with E-state index in [9.17, 15) is 9.59 Å². The number of primary amides is 1. The minimum Gasteiger partial charge on any atom is -0.370 e. The number of carbonyl (C=O) groups excluding carboxylic acids is 2. The number of amides is 2. The Bertz CT molecular complexity index is 626. The Balaban J connectivity index is 1.75. The maximum Gasteiger partial charge on any atom is 0.270 e. The quantitative estimate of drug-likeness (QED) is 0.843. The van der Waals surface area contributed by atoms with Crippen LogP contribution in [0.3, 0.4) is 0 Å². The van der Waals surface area contributed by atoms with Gasteiger partial charge in [-0.05, 0) is 56.1 Å². The number of aromatic nitrogens is 1. The molecule has 118 valence electrons. The summed E-state index contributed by atoms with van der Waals surface area (Å²) in [6.45, 7) is 1.87. The van der Waals surface area contributed by atoms with Gasteiger partial charge in [-0.15, -0.1) is 0 Å². The van der Waals surface area contributed by atoms with Crippen LogP contribution in [-0.2, 0) is 4.79 Å². The molecule has 1 atom stereocenters. The molecule has 0 spiro atoms. The zero-order chi connectivity index (χ0) is 15.9. The first-order valence-electron chi connectivity index (χ1n) is 7.65. The lowest BCUT2D eigenvalue weighted by atomic mass is 9.91. The Labute approximate surface area is 134 Å². The molecular weight excluding hydrogens is 302 g/mol. The van der Waals surface area contributed by atoms with Crippen LogP contribution in [0.25, 0.3) is 0 Å². The number of hydrogen-bond donors (Lipinski definition) is 2. The fourth-order valence-corrected chi connectivity index (χ4v) is 3.26. The van der Waals surface area contributed by atoms with Gasteiger partial charge in [-0.2, -0.15) is 0 Å². The zero-order valence-corrected chi connectivity index (χ0v) is 13.3. The predicted octanol–water partition coefficient (Wildman–Crippen LogP) is 2.39. The third kappa shape index (κ3) is 3.24. The molecule has 5 nitrogen and oxygen atoms in total. The summed E-state index contributed by atoms with van der Waals surface area (Å²) < 4.78 is 0. The Morgan fingerprint density at radius 2 is 2.09 bits per heavy atom. The Morgan fingerprint density at radius 1 is 1.41 bits per heavy atom. The molecule has 1 heterocycles. The Kier molecular flexibility index (Phi) is 3.85. The van der Waals surface area contributed by atoms with Crippen molar-refractivity contribution in [3.8, 4) is 0 Å². The monoisotopic (exact) mass is 321 g/mol. The van der Waals surface area contributed by atoms with E-state index in [-0.39, 0.29) is 18.0 Å². The smallest absolute Gasteiger partial charge is 0.270 e. The molecule has 1 aromatic heterocycles. The Hall–Kier alpha value is -1.62. The van der Waals surface area contributed by atoms with Crippen molar-refractivity contribution in [3.63, 3.8) is 0 Å². The first kappa shape index (κ1) is 15.3. The van der Waals surface area contributed by atoms with Gasteiger partial charge in [0, 0.05) is 23.2 Å². The molecule has 3 rings (SSSR count). The van der Waals surface area contributed by atoms with Crippen LogP contribution in [0.1, 0.15) is 61.0 Å². The number of carbonyl (C=O) groups is 2. The molecule has 0 radical (unpaired) electrons. The van der Waals surface area contributed by atoms with Gasteiger partial charge in [-0.3, -0.25) is 14.6 Å². The van der Waals surface area contributed by atoms with E-state index in [2.05, 4.69) is 10.3 Å². The van der Waals surface area contributed by atoms with E-state index in [0.29, 0.717) is 16.9 Å². The molecule has 2 amide bonds. The normalized spacial score (nSPS) is 20.3. The highest BCUT2D eigenvalue weighted by Gasteiger charge is 2.43. The van der Waals surface area contributed by atoms with Crippen LogP contribution in [0, 0.1) is 5.92 Å². The van der Waals surface area contributed by atoms with E-state index in [0.717, 1.165) is 31.2 Å². The van der Waals surface area contributed by atoms with Gasteiger partial charge in [-0.1, -0.05) is 11.6 Å². The number of halogens is 1. The fraction of sp³-hybridized carbons (Fsp3) is 0.562. The van der Waals surface area contributed by atoms with Crippen molar-refractivity contribution in [2.75, 3.05) is 0 Å². The molecule has 1 unspecified atom stereocenters. The van der Waals surface area contributed by atoms with Crippen molar-refractivity contribution < 1.29 is 9.59 Å². The predicted molar refractivity (Wildman–Crippen MR) is 83.6 cm³/mol. The molecule has 1 aromatic rings. The molecule has 6 heteroatoms. The topological polar surface area (TPSA) is 85.1 Å². The molecule has 22 heavy (non-hydrogen) atoms. The number of hydrogen-bond acceptors (Lipinski definition) is 3. The lowest BCUT2D eigenvalue weighted by Crippen LogP contribution is -2.50. The highest BCUT2D eigenvalue weighted by atomic mass is 35.5.